The summed E-state index contributed by atoms with van der Waals surface area (Å²) in [6.07, 6.45) is 6.43. The molecule has 0 aliphatic carbocycles. The molecule has 0 radical (unpaired) electrons. The van der Waals surface area contributed by atoms with Crippen LogP contribution in [0.3, 0.4) is 0 Å². The summed E-state index contributed by atoms with van der Waals surface area (Å²) in [5.41, 5.74) is 2.68. The molecule has 0 unspecified atom stereocenters. The molecule has 1 atom stereocenters. The Kier molecular flexibility index (Phi) is 5.65. The maximum Gasteiger partial charge on any atom is 0.231 e. The maximum absolute atomic E-state index is 5.52. The molecule has 0 amide bonds. The highest BCUT2D eigenvalue weighted by Crippen LogP contribution is 2.33. The lowest BCUT2D eigenvalue weighted by atomic mass is 10.0. The highest BCUT2D eigenvalue weighted by Gasteiger charge is 2.28. The first-order valence-electron chi connectivity index (χ1n) is 10.8. The van der Waals surface area contributed by atoms with Crippen molar-refractivity contribution < 1.29 is 9.47 Å². The molecule has 3 aliphatic heterocycles. The zero-order valence-corrected chi connectivity index (χ0v) is 17.0. The lowest BCUT2D eigenvalue weighted by molar-refractivity contribution is 0.0477. The minimum atomic E-state index is 0.344. The molecular formula is C23H30N4O2. The highest BCUT2D eigenvalue weighted by molar-refractivity contribution is 5.44. The van der Waals surface area contributed by atoms with E-state index >= 15 is 0 Å². The lowest BCUT2D eigenvalue weighted by Crippen LogP contribution is -2.54. The van der Waals surface area contributed by atoms with Gasteiger partial charge in [-0.2, -0.15) is 0 Å². The molecule has 2 saturated heterocycles. The molecule has 6 heteroatoms. The summed E-state index contributed by atoms with van der Waals surface area (Å²) in [5.74, 6) is 1.75. The van der Waals surface area contributed by atoms with Crippen LogP contribution in [-0.4, -0.2) is 71.8 Å². The molecule has 0 N–H and O–H groups in total. The summed E-state index contributed by atoms with van der Waals surface area (Å²) < 4.78 is 10.9. The summed E-state index contributed by atoms with van der Waals surface area (Å²) in [6, 6.07) is 11.3. The molecule has 29 heavy (non-hydrogen) atoms. The van der Waals surface area contributed by atoms with Crippen molar-refractivity contribution in [1.29, 1.82) is 0 Å². The average Bonchev–Trinajstić information content (AvgIpc) is 3.23. The zero-order chi connectivity index (χ0) is 19.5. The Morgan fingerprint density at radius 1 is 0.828 bits per heavy atom. The number of piperazine rings is 1. The van der Waals surface area contributed by atoms with Gasteiger partial charge in [-0.15, -0.1) is 0 Å². The highest BCUT2D eigenvalue weighted by atomic mass is 16.7. The molecule has 5 rings (SSSR count). The van der Waals surface area contributed by atoms with Gasteiger partial charge in [0.2, 0.25) is 6.79 Å². The van der Waals surface area contributed by atoms with Crippen molar-refractivity contribution in [3.05, 3.63) is 53.9 Å². The van der Waals surface area contributed by atoms with E-state index in [4.69, 9.17) is 9.47 Å². The third-order valence-corrected chi connectivity index (χ3v) is 6.40. The normalized spacial score (nSPS) is 23.4. The van der Waals surface area contributed by atoms with Gasteiger partial charge in [0.25, 0.3) is 0 Å². The van der Waals surface area contributed by atoms with Crippen molar-refractivity contribution in [2.75, 3.05) is 46.1 Å². The largest absolute Gasteiger partial charge is 0.454 e. The van der Waals surface area contributed by atoms with Crippen LogP contribution in [0.1, 0.15) is 24.0 Å². The summed E-state index contributed by atoms with van der Waals surface area (Å²) >= 11 is 0. The number of fused-ring (bicyclic) bond motifs is 1. The quantitative estimate of drug-likeness (QED) is 0.777. The summed E-state index contributed by atoms with van der Waals surface area (Å²) in [7, 11) is 0. The van der Waals surface area contributed by atoms with Crippen molar-refractivity contribution in [3.8, 4) is 11.5 Å². The first-order valence-corrected chi connectivity index (χ1v) is 10.8. The fourth-order valence-electron chi connectivity index (χ4n) is 4.80. The molecule has 2 fully saturated rings. The topological polar surface area (TPSA) is 41.1 Å². The molecule has 6 nitrogen and oxygen atoms in total. The van der Waals surface area contributed by atoms with E-state index in [1.54, 1.807) is 0 Å². The Morgan fingerprint density at radius 2 is 1.62 bits per heavy atom. The number of hydrogen-bond acceptors (Lipinski definition) is 6. The van der Waals surface area contributed by atoms with Gasteiger partial charge in [-0.05, 0) is 54.8 Å². The molecule has 0 bridgehead atoms. The second-order valence-corrected chi connectivity index (χ2v) is 8.39. The number of piperidine rings is 1. The zero-order valence-electron chi connectivity index (χ0n) is 17.0. The van der Waals surface area contributed by atoms with E-state index in [0.29, 0.717) is 12.8 Å². The number of aromatic nitrogens is 1. The minimum absolute atomic E-state index is 0.344. The van der Waals surface area contributed by atoms with Crippen molar-refractivity contribution in [2.45, 2.75) is 32.0 Å². The number of likely N-dealkylation sites (tertiary alicyclic amines) is 1. The van der Waals surface area contributed by atoms with Crippen LogP contribution in [0, 0.1) is 0 Å². The monoisotopic (exact) mass is 394 g/mol. The molecule has 1 aromatic heterocycles. The summed E-state index contributed by atoms with van der Waals surface area (Å²) in [6.45, 7) is 9.37. The minimum Gasteiger partial charge on any atom is -0.454 e. The van der Waals surface area contributed by atoms with E-state index in [-0.39, 0.29) is 0 Å². The second kappa shape index (κ2) is 8.69. The number of benzene rings is 1. The smallest absolute Gasteiger partial charge is 0.231 e. The fourth-order valence-corrected chi connectivity index (χ4v) is 4.80. The second-order valence-electron chi connectivity index (χ2n) is 8.39. The number of ether oxygens (including phenoxy) is 2. The van der Waals surface area contributed by atoms with Gasteiger partial charge in [0.1, 0.15) is 0 Å². The number of hydrogen-bond donors (Lipinski definition) is 0. The van der Waals surface area contributed by atoms with E-state index in [2.05, 4.69) is 43.9 Å². The van der Waals surface area contributed by atoms with Gasteiger partial charge >= 0.3 is 0 Å². The first-order chi connectivity index (χ1) is 14.3. The Labute approximate surface area is 173 Å². The molecule has 1 aromatic carbocycles. The Hall–Kier alpha value is -2.15. The predicted molar refractivity (Wildman–Crippen MR) is 112 cm³/mol. The van der Waals surface area contributed by atoms with E-state index in [0.717, 1.165) is 50.8 Å². The molecule has 0 saturated carbocycles. The van der Waals surface area contributed by atoms with Crippen LogP contribution in [0.15, 0.2) is 42.7 Å². The van der Waals surface area contributed by atoms with E-state index in [9.17, 15) is 0 Å². The maximum atomic E-state index is 5.52. The predicted octanol–water partition coefficient (Wildman–Crippen LogP) is 2.59. The van der Waals surface area contributed by atoms with Crippen LogP contribution in [-0.2, 0) is 13.1 Å². The number of rotatable bonds is 5. The van der Waals surface area contributed by atoms with Crippen LogP contribution in [0.2, 0.25) is 0 Å². The summed E-state index contributed by atoms with van der Waals surface area (Å²) in [5, 5.41) is 0. The standard InChI is InChI=1S/C23H30N4O2/c1-2-21(17-26(9-1)15-19-5-7-24-8-6-19)27-12-10-25(11-13-27)16-20-3-4-22-23(14-20)29-18-28-22/h3-8,14,21H,1-2,9-13,15-18H2/t21-/m0/s1. The molecule has 0 spiro atoms. The van der Waals surface area contributed by atoms with Gasteiger partial charge in [-0.25, -0.2) is 0 Å². The third-order valence-electron chi connectivity index (χ3n) is 6.40. The van der Waals surface area contributed by atoms with Crippen molar-refractivity contribution in [1.82, 2.24) is 19.7 Å². The van der Waals surface area contributed by atoms with E-state index < -0.39 is 0 Å². The Balaban J connectivity index is 1.11. The van der Waals surface area contributed by atoms with Crippen molar-refractivity contribution in [3.63, 3.8) is 0 Å². The SMILES string of the molecule is c1cc(CN2CCC[C@H](N3CCN(Cc4ccc5c(c4)OCO5)CC3)C2)ccn1. The summed E-state index contributed by atoms with van der Waals surface area (Å²) in [4.78, 5) is 12.0. The third kappa shape index (κ3) is 4.55. The number of pyridine rings is 1. The van der Waals surface area contributed by atoms with E-state index in [1.807, 2.05) is 18.5 Å². The molecule has 3 aliphatic rings. The fraction of sp³-hybridized carbons (Fsp3) is 0.522. The van der Waals surface area contributed by atoms with Gasteiger partial charge < -0.3 is 9.47 Å². The van der Waals surface area contributed by atoms with Crippen LogP contribution < -0.4 is 9.47 Å². The van der Waals surface area contributed by atoms with Crippen LogP contribution in [0.5, 0.6) is 11.5 Å². The average molecular weight is 395 g/mol. The lowest BCUT2D eigenvalue weighted by Gasteiger charge is -2.43. The van der Waals surface area contributed by atoms with Crippen molar-refractivity contribution in [2.24, 2.45) is 0 Å². The van der Waals surface area contributed by atoms with E-state index in [1.165, 1.54) is 37.1 Å². The van der Waals surface area contributed by atoms with Crippen LogP contribution >= 0.6 is 0 Å². The van der Waals surface area contributed by atoms with Gasteiger partial charge in [-0.3, -0.25) is 19.7 Å². The Bertz CT molecular complexity index is 808. The molecule has 4 heterocycles. The first kappa shape index (κ1) is 18.9. The van der Waals surface area contributed by atoms with Crippen LogP contribution in [0.25, 0.3) is 0 Å². The molecule has 2 aromatic rings. The molecule has 154 valence electrons. The molecular weight excluding hydrogens is 364 g/mol. The van der Waals surface area contributed by atoms with Gasteiger partial charge in [0, 0.05) is 64.2 Å². The van der Waals surface area contributed by atoms with Gasteiger partial charge in [0.15, 0.2) is 11.5 Å². The Morgan fingerprint density at radius 3 is 2.48 bits per heavy atom. The van der Waals surface area contributed by atoms with Crippen LogP contribution in [0.4, 0.5) is 0 Å². The number of nitrogens with zero attached hydrogens (tertiary/aromatic N) is 4. The van der Waals surface area contributed by atoms with Gasteiger partial charge in [-0.1, -0.05) is 6.07 Å². The van der Waals surface area contributed by atoms with Crippen molar-refractivity contribution >= 4 is 0 Å². The van der Waals surface area contributed by atoms with Gasteiger partial charge in [0.05, 0.1) is 0 Å².